The second-order valence-corrected chi connectivity index (χ2v) is 5.79. The zero-order valence-corrected chi connectivity index (χ0v) is 13.4. The monoisotopic (exact) mass is 321 g/mol. The molecule has 0 spiro atoms. The van der Waals surface area contributed by atoms with Gasteiger partial charge in [0.25, 0.3) is 0 Å². The van der Waals surface area contributed by atoms with Crippen LogP contribution in [-0.4, -0.2) is 38.9 Å². The van der Waals surface area contributed by atoms with Gasteiger partial charge >= 0.3 is 11.9 Å². The Bertz CT molecular complexity index is 773. The van der Waals surface area contributed by atoms with Crippen LogP contribution >= 0.6 is 11.3 Å². The first-order valence-corrected chi connectivity index (χ1v) is 7.17. The molecule has 0 unspecified atom stereocenters. The molecule has 0 aliphatic rings. The van der Waals surface area contributed by atoms with Gasteiger partial charge in [0, 0.05) is 23.2 Å². The average Bonchev–Trinajstić information content (AvgIpc) is 2.98. The normalized spacial score (nSPS) is 11.1. The Hall–Kier alpha value is -2.48. The number of methoxy groups -OCH3 is 1. The predicted octanol–water partition coefficient (Wildman–Crippen LogP) is 2.15. The third-order valence-electron chi connectivity index (χ3n) is 3.17. The zero-order valence-electron chi connectivity index (χ0n) is 12.6. The number of aromatic carboxylic acids is 1. The smallest absolute Gasteiger partial charge is 0.359 e. The van der Waals surface area contributed by atoms with Crippen molar-refractivity contribution in [1.29, 1.82) is 0 Å². The van der Waals surface area contributed by atoms with Crippen LogP contribution in [0.5, 0.6) is 0 Å². The molecular weight excluding hydrogens is 306 g/mol. The number of carbonyl (C=O) groups is 2. The highest BCUT2D eigenvalue weighted by atomic mass is 32.1. The van der Waals surface area contributed by atoms with E-state index in [9.17, 15) is 9.59 Å². The highest BCUT2D eigenvalue weighted by molar-refractivity contribution is 7.12. The molecule has 8 heteroatoms. The van der Waals surface area contributed by atoms with Gasteiger partial charge in [-0.1, -0.05) is 0 Å². The number of hydrogen-bond donors (Lipinski definition) is 1. The number of nitrogens with zero attached hydrogens (tertiary/aromatic N) is 3. The van der Waals surface area contributed by atoms with Crippen molar-refractivity contribution in [1.82, 2.24) is 14.8 Å². The average molecular weight is 321 g/mol. The molecule has 116 valence electrons. The number of aromatic nitrogens is 3. The largest absolute Gasteiger partial charge is 0.476 e. The molecule has 7 nitrogen and oxygen atoms in total. The minimum Gasteiger partial charge on any atom is -0.476 e. The van der Waals surface area contributed by atoms with Crippen LogP contribution in [-0.2, 0) is 11.8 Å². The van der Waals surface area contributed by atoms with E-state index in [0.29, 0.717) is 15.4 Å². The number of thiazole rings is 1. The standard InChI is InChI=1S/C14H15N3O4S/c1-7-9(12(14(20)21-4)16-17(7)3)5-6-10-15-11(13(18)19)8(2)22-10/h5-6H,1-4H3,(H,18,19). The van der Waals surface area contributed by atoms with Crippen LogP contribution in [0.3, 0.4) is 0 Å². The summed E-state index contributed by atoms with van der Waals surface area (Å²) in [4.78, 5) is 27.4. The number of esters is 1. The lowest BCUT2D eigenvalue weighted by Crippen LogP contribution is -2.04. The fourth-order valence-corrected chi connectivity index (χ4v) is 2.73. The van der Waals surface area contributed by atoms with Gasteiger partial charge in [-0.15, -0.1) is 11.3 Å². The Balaban J connectivity index is 2.40. The Morgan fingerprint density at radius 3 is 2.50 bits per heavy atom. The summed E-state index contributed by atoms with van der Waals surface area (Å²) in [6, 6.07) is 0. The topological polar surface area (TPSA) is 94.3 Å². The molecule has 0 saturated heterocycles. The minimum atomic E-state index is -1.05. The number of carboxylic acid groups (broad SMARTS) is 1. The van der Waals surface area contributed by atoms with Crippen molar-refractivity contribution in [2.75, 3.05) is 7.11 Å². The van der Waals surface area contributed by atoms with Gasteiger partial charge < -0.3 is 9.84 Å². The maximum Gasteiger partial charge on any atom is 0.359 e. The van der Waals surface area contributed by atoms with E-state index >= 15 is 0 Å². The van der Waals surface area contributed by atoms with Crippen molar-refractivity contribution in [3.63, 3.8) is 0 Å². The van der Waals surface area contributed by atoms with Gasteiger partial charge in [0.2, 0.25) is 0 Å². The highest BCUT2D eigenvalue weighted by Crippen LogP contribution is 2.22. The molecule has 0 atom stereocenters. The fourth-order valence-electron chi connectivity index (χ4n) is 1.91. The number of carbonyl (C=O) groups excluding carboxylic acids is 1. The first-order valence-electron chi connectivity index (χ1n) is 6.35. The lowest BCUT2D eigenvalue weighted by atomic mass is 10.1. The van der Waals surface area contributed by atoms with Crippen LogP contribution in [0.4, 0.5) is 0 Å². The molecule has 0 saturated carbocycles. The Kier molecular flexibility index (Phi) is 4.41. The zero-order chi connectivity index (χ0) is 16.4. The molecule has 2 heterocycles. The number of ether oxygens (including phenoxy) is 1. The summed E-state index contributed by atoms with van der Waals surface area (Å²) in [5.74, 6) is -1.58. The number of rotatable bonds is 4. The summed E-state index contributed by atoms with van der Waals surface area (Å²) in [5, 5.41) is 13.7. The maximum atomic E-state index is 11.7. The van der Waals surface area contributed by atoms with Crippen molar-refractivity contribution in [3.05, 3.63) is 32.5 Å². The van der Waals surface area contributed by atoms with Crippen LogP contribution < -0.4 is 0 Å². The van der Waals surface area contributed by atoms with E-state index in [-0.39, 0.29) is 11.4 Å². The molecule has 0 aliphatic carbocycles. The quantitative estimate of drug-likeness (QED) is 0.867. The van der Waals surface area contributed by atoms with Gasteiger partial charge in [-0.3, -0.25) is 4.68 Å². The fraction of sp³-hybridized carbons (Fsp3) is 0.286. The van der Waals surface area contributed by atoms with Gasteiger partial charge in [-0.05, 0) is 26.0 Å². The van der Waals surface area contributed by atoms with Gasteiger partial charge in [0.1, 0.15) is 5.01 Å². The van der Waals surface area contributed by atoms with Crippen LogP contribution in [0.1, 0.15) is 42.1 Å². The van der Waals surface area contributed by atoms with Crippen molar-refractivity contribution < 1.29 is 19.4 Å². The molecule has 0 radical (unpaired) electrons. The van der Waals surface area contributed by atoms with Crippen molar-refractivity contribution in [2.24, 2.45) is 7.05 Å². The Morgan fingerprint density at radius 2 is 1.95 bits per heavy atom. The summed E-state index contributed by atoms with van der Waals surface area (Å²) in [6.07, 6.45) is 3.36. The Morgan fingerprint density at radius 1 is 1.27 bits per heavy atom. The van der Waals surface area contributed by atoms with Crippen molar-refractivity contribution in [2.45, 2.75) is 13.8 Å². The molecule has 1 N–H and O–H groups in total. The van der Waals surface area contributed by atoms with E-state index in [1.165, 1.54) is 18.4 Å². The highest BCUT2D eigenvalue weighted by Gasteiger charge is 2.18. The van der Waals surface area contributed by atoms with Crippen LogP contribution in [0, 0.1) is 13.8 Å². The Labute approximate surface area is 130 Å². The van der Waals surface area contributed by atoms with Gasteiger partial charge in [-0.2, -0.15) is 5.10 Å². The van der Waals surface area contributed by atoms with Crippen molar-refractivity contribution in [3.8, 4) is 0 Å². The summed E-state index contributed by atoms with van der Waals surface area (Å²) in [7, 11) is 3.03. The SMILES string of the molecule is COC(=O)c1nn(C)c(C)c1C=Cc1nc(C(=O)O)c(C)s1. The summed E-state index contributed by atoms with van der Waals surface area (Å²) < 4.78 is 6.30. The van der Waals surface area contributed by atoms with Gasteiger partial charge in [-0.25, -0.2) is 14.6 Å². The van der Waals surface area contributed by atoms with E-state index in [2.05, 4.69) is 10.1 Å². The van der Waals surface area contributed by atoms with Gasteiger partial charge in [0.05, 0.1) is 7.11 Å². The molecular formula is C14H15N3O4S. The van der Waals surface area contributed by atoms with Crippen molar-refractivity contribution >= 4 is 35.4 Å². The lowest BCUT2D eigenvalue weighted by Gasteiger charge is -1.96. The van der Waals surface area contributed by atoms with E-state index in [1.54, 1.807) is 30.8 Å². The minimum absolute atomic E-state index is 0.0424. The predicted molar refractivity (Wildman–Crippen MR) is 82.0 cm³/mol. The third-order valence-corrected chi connectivity index (χ3v) is 4.10. The molecule has 2 aromatic rings. The number of hydrogen-bond acceptors (Lipinski definition) is 6. The first-order chi connectivity index (χ1) is 10.3. The molecule has 2 rings (SSSR count). The molecule has 22 heavy (non-hydrogen) atoms. The van der Waals surface area contributed by atoms with Crippen LogP contribution in [0.25, 0.3) is 12.2 Å². The van der Waals surface area contributed by atoms with E-state index in [1.807, 2.05) is 6.92 Å². The molecule has 0 aliphatic heterocycles. The second kappa shape index (κ2) is 6.10. The summed E-state index contributed by atoms with van der Waals surface area (Å²) in [5.41, 5.74) is 1.67. The molecule has 0 amide bonds. The summed E-state index contributed by atoms with van der Waals surface area (Å²) >= 11 is 1.27. The third kappa shape index (κ3) is 2.91. The van der Waals surface area contributed by atoms with E-state index < -0.39 is 11.9 Å². The summed E-state index contributed by atoms with van der Waals surface area (Å²) in [6.45, 7) is 3.53. The first kappa shape index (κ1) is 15.9. The van der Waals surface area contributed by atoms with Crippen LogP contribution in [0.15, 0.2) is 0 Å². The van der Waals surface area contributed by atoms with Gasteiger partial charge in [0.15, 0.2) is 11.4 Å². The lowest BCUT2D eigenvalue weighted by molar-refractivity contribution is 0.0592. The van der Waals surface area contributed by atoms with E-state index in [4.69, 9.17) is 9.84 Å². The number of carboxylic acids is 1. The van der Waals surface area contributed by atoms with E-state index in [0.717, 1.165) is 5.69 Å². The molecule has 0 fully saturated rings. The number of aryl methyl sites for hydroxylation is 2. The maximum absolute atomic E-state index is 11.7. The molecule has 0 bridgehead atoms. The second-order valence-electron chi connectivity index (χ2n) is 4.56. The van der Waals surface area contributed by atoms with Crippen LogP contribution in [0.2, 0.25) is 0 Å². The molecule has 0 aromatic carbocycles. The molecule has 2 aromatic heterocycles.